The molecule has 0 radical (unpaired) electrons. The highest BCUT2D eigenvalue weighted by Crippen LogP contribution is 2.21. The Morgan fingerprint density at radius 2 is 2.13 bits per heavy atom. The molecule has 0 unspecified atom stereocenters. The van der Waals surface area contributed by atoms with Crippen LogP contribution in [0.2, 0.25) is 0 Å². The van der Waals surface area contributed by atoms with E-state index in [2.05, 4.69) is 35.6 Å². The zero-order chi connectivity index (χ0) is 10.8. The first-order valence-electron chi connectivity index (χ1n) is 5.05. The lowest BCUT2D eigenvalue weighted by Crippen LogP contribution is -1.95. The summed E-state index contributed by atoms with van der Waals surface area (Å²) in [6.07, 6.45) is 1.01. The van der Waals surface area contributed by atoms with Crippen LogP contribution in [0.1, 0.15) is 18.2 Å². The van der Waals surface area contributed by atoms with Gasteiger partial charge in [0, 0.05) is 11.1 Å². The van der Waals surface area contributed by atoms with Gasteiger partial charge in [-0.05, 0) is 30.4 Å². The molecular weight excluding hydrogens is 188 g/mol. The summed E-state index contributed by atoms with van der Waals surface area (Å²) in [6.45, 7) is 4.06. The van der Waals surface area contributed by atoms with Crippen LogP contribution in [0.15, 0.2) is 24.3 Å². The van der Waals surface area contributed by atoms with E-state index in [1.807, 2.05) is 13.0 Å². The van der Waals surface area contributed by atoms with Crippen LogP contribution in [0.5, 0.6) is 0 Å². The monoisotopic (exact) mass is 202 g/mol. The summed E-state index contributed by atoms with van der Waals surface area (Å²) in [5.74, 6) is 0.494. The molecule has 78 valence electrons. The van der Waals surface area contributed by atoms with Gasteiger partial charge in [-0.1, -0.05) is 25.1 Å². The number of nitrogens with one attached hydrogen (secondary N) is 1. The second-order valence-corrected chi connectivity index (χ2v) is 3.61. The van der Waals surface area contributed by atoms with Crippen molar-refractivity contribution >= 4 is 16.6 Å². The number of aryl methyl sites for hydroxylation is 2. The number of pyridine rings is 1. The average Bonchev–Trinajstić information content (AvgIpc) is 2.28. The van der Waals surface area contributed by atoms with E-state index in [9.17, 15) is 0 Å². The molecule has 3 heteroatoms. The van der Waals surface area contributed by atoms with E-state index < -0.39 is 0 Å². The van der Waals surface area contributed by atoms with Gasteiger partial charge in [0.15, 0.2) is 0 Å². The van der Waals surface area contributed by atoms with Crippen LogP contribution in [0, 0.1) is 6.92 Å². The number of fused-ring (bicyclic) bond motifs is 1. The predicted molar refractivity (Wildman–Crippen MR) is 61.3 cm³/mol. The molecule has 0 amide bonds. The standard InChI is InChI=1S/C12H14N2O/c1-3-9-4-5-11-8(2)13-12(14-15)7-10(11)6-9/h4-7,15H,3H2,1-2H3,(H,13,14). The number of rotatable bonds is 2. The van der Waals surface area contributed by atoms with E-state index in [0.717, 1.165) is 22.9 Å². The van der Waals surface area contributed by atoms with Crippen LogP contribution in [-0.4, -0.2) is 10.2 Å². The first-order chi connectivity index (χ1) is 7.24. The maximum absolute atomic E-state index is 8.84. The van der Waals surface area contributed by atoms with E-state index in [4.69, 9.17) is 5.21 Å². The number of hydrogen-bond donors (Lipinski definition) is 2. The third kappa shape index (κ3) is 1.78. The number of nitrogens with zero attached hydrogens (tertiary/aromatic N) is 1. The third-order valence-electron chi connectivity index (χ3n) is 2.61. The second-order valence-electron chi connectivity index (χ2n) is 3.61. The highest BCUT2D eigenvalue weighted by atomic mass is 16.5. The molecule has 0 spiro atoms. The first-order valence-corrected chi connectivity index (χ1v) is 5.05. The van der Waals surface area contributed by atoms with Crippen molar-refractivity contribution in [1.82, 2.24) is 4.98 Å². The Hall–Kier alpha value is -1.61. The SMILES string of the molecule is CCc1ccc2c(C)nc(NO)cc2c1. The molecule has 0 atom stereocenters. The van der Waals surface area contributed by atoms with Gasteiger partial charge in [0.25, 0.3) is 0 Å². The Morgan fingerprint density at radius 3 is 2.80 bits per heavy atom. The quantitative estimate of drug-likeness (QED) is 0.736. The van der Waals surface area contributed by atoms with E-state index >= 15 is 0 Å². The van der Waals surface area contributed by atoms with Crippen molar-refractivity contribution in [3.05, 3.63) is 35.5 Å². The Morgan fingerprint density at radius 1 is 1.33 bits per heavy atom. The van der Waals surface area contributed by atoms with E-state index in [0.29, 0.717) is 5.82 Å². The van der Waals surface area contributed by atoms with Crippen LogP contribution < -0.4 is 5.48 Å². The first kappa shape index (κ1) is 9.93. The smallest absolute Gasteiger partial charge is 0.150 e. The molecular formula is C12H14N2O. The fraction of sp³-hybridized carbons (Fsp3) is 0.250. The summed E-state index contributed by atoms with van der Waals surface area (Å²) >= 11 is 0. The maximum atomic E-state index is 8.84. The summed E-state index contributed by atoms with van der Waals surface area (Å²) in [6, 6.07) is 8.17. The molecule has 0 fully saturated rings. The van der Waals surface area contributed by atoms with Crippen molar-refractivity contribution in [1.29, 1.82) is 0 Å². The Balaban J connectivity index is 2.69. The largest absolute Gasteiger partial charge is 0.290 e. The summed E-state index contributed by atoms with van der Waals surface area (Å²) in [5.41, 5.74) is 4.30. The van der Waals surface area contributed by atoms with Gasteiger partial charge < -0.3 is 0 Å². The summed E-state index contributed by atoms with van der Waals surface area (Å²) in [7, 11) is 0. The fourth-order valence-corrected chi connectivity index (χ4v) is 1.76. The third-order valence-corrected chi connectivity index (χ3v) is 2.61. The highest BCUT2D eigenvalue weighted by molar-refractivity contribution is 5.87. The van der Waals surface area contributed by atoms with Crippen molar-refractivity contribution in [2.75, 3.05) is 5.48 Å². The van der Waals surface area contributed by atoms with Crippen molar-refractivity contribution < 1.29 is 5.21 Å². The molecule has 2 rings (SSSR count). The van der Waals surface area contributed by atoms with Gasteiger partial charge in [-0.3, -0.25) is 10.7 Å². The number of aromatic nitrogens is 1. The van der Waals surface area contributed by atoms with Gasteiger partial charge in [-0.25, -0.2) is 4.98 Å². The van der Waals surface area contributed by atoms with Gasteiger partial charge in [-0.15, -0.1) is 0 Å². The van der Waals surface area contributed by atoms with Gasteiger partial charge in [0.1, 0.15) is 5.82 Å². The molecule has 1 aromatic carbocycles. The molecule has 0 saturated carbocycles. The second kappa shape index (κ2) is 3.87. The van der Waals surface area contributed by atoms with Gasteiger partial charge in [-0.2, -0.15) is 0 Å². The van der Waals surface area contributed by atoms with E-state index in [1.165, 1.54) is 5.56 Å². The highest BCUT2D eigenvalue weighted by Gasteiger charge is 2.02. The molecule has 0 aliphatic carbocycles. The zero-order valence-electron chi connectivity index (χ0n) is 8.91. The number of anilines is 1. The van der Waals surface area contributed by atoms with Crippen molar-refractivity contribution in [2.45, 2.75) is 20.3 Å². The summed E-state index contributed by atoms with van der Waals surface area (Å²) in [4.78, 5) is 4.21. The molecule has 0 aliphatic rings. The molecule has 0 saturated heterocycles. The van der Waals surface area contributed by atoms with E-state index in [1.54, 1.807) is 0 Å². The maximum Gasteiger partial charge on any atom is 0.150 e. The van der Waals surface area contributed by atoms with Crippen LogP contribution in [0.4, 0.5) is 5.82 Å². The van der Waals surface area contributed by atoms with Crippen LogP contribution in [0.3, 0.4) is 0 Å². The molecule has 0 bridgehead atoms. The van der Waals surface area contributed by atoms with Crippen LogP contribution in [-0.2, 0) is 6.42 Å². The normalized spacial score (nSPS) is 10.6. The molecule has 1 aromatic heterocycles. The van der Waals surface area contributed by atoms with Crippen LogP contribution >= 0.6 is 0 Å². The van der Waals surface area contributed by atoms with Gasteiger partial charge in [0.2, 0.25) is 0 Å². The van der Waals surface area contributed by atoms with Gasteiger partial charge >= 0.3 is 0 Å². The minimum atomic E-state index is 0.494. The van der Waals surface area contributed by atoms with Gasteiger partial charge in [0.05, 0.1) is 0 Å². The minimum Gasteiger partial charge on any atom is -0.290 e. The lowest BCUT2D eigenvalue weighted by Gasteiger charge is -2.06. The molecule has 3 nitrogen and oxygen atoms in total. The Labute approximate surface area is 88.7 Å². The van der Waals surface area contributed by atoms with Crippen LogP contribution in [0.25, 0.3) is 10.8 Å². The molecule has 0 aliphatic heterocycles. The Kier molecular flexibility index (Phi) is 2.56. The fourth-order valence-electron chi connectivity index (χ4n) is 1.76. The topological polar surface area (TPSA) is 45.2 Å². The molecule has 2 N–H and O–H groups in total. The number of hydrogen-bond acceptors (Lipinski definition) is 3. The van der Waals surface area contributed by atoms with E-state index in [-0.39, 0.29) is 0 Å². The van der Waals surface area contributed by atoms with Crippen molar-refractivity contribution in [2.24, 2.45) is 0 Å². The lowest BCUT2D eigenvalue weighted by atomic mass is 10.1. The molecule has 1 heterocycles. The van der Waals surface area contributed by atoms with Crippen molar-refractivity contribution in [3.63, 3.8) is 0 Å². The van der Waals surface area contributed by atoms with Crippen molar-refractivity contribution in [3.8, 4) is 0 Å². The Bertz CT molecular complexity index is 489. The molecule has 15 heavy (non-hydrogen) atoms. The summed E-state index contributed by atoms with van der Waals surface area (Å²) in [5, 5.41) is 11.1. The molecule has 2 aromatic rings. The zero-order valence-corrected chi connectivity index (χ0v) is 8.91. The average molecular weight is 202 g/mol. The lowest BCUT2D eigenvalue weighted by molar-refractivity contribution is 0.386. The predicted octanol–water partition coefficient (Wildman–Crippen LogP) is 2.91. The minimum absolute atomic E-state index is 0.494. The number of benzene rings is 1. The summed E-state index contributed by atoms with van der Waals surface area (Å²) < 4.78 is 0.